The molecule has 41 heavy (non-hydrogen) atoms. The Morgan fingerprint density at radius 3 is 2.41 bits per heavy atom. The summed E-state index contributed by atoms with van der Waals surface area (Å²) in [5, 5.41) is 2.11. The van der Waals surface area contributed by atoms with Gasteiger partial charge in [-0.1, -0.05) is 35.9 Å². The Balaban J connectivity index is 1.42. The van der Waals surface area contributed by atoms with Gasteiger partial charge in [0.25, 0.3) is 27.1 Å². The molecule has 1 aliphatic heterocycles. The molecule has 0 aromatic heterocycles. The zero-order valence-electron chi connectivity index (χ0n) is 22.3. The highest BCUT2D eigenvalue weighted by atomic mass is 35.5. The van der Waals surface area contributed by atoms with Crippen LogP contribution in [-0.4, -0.2) is 64.7 Å². The molecule has 0 atom stereocenters. The van der Waals surface area contributed by atoms with Gasteiger partial charge in [-0.3, -0.25) is 23.6 Å². The number of methoxy groups -OCH3 is 2. The molecule has 10 nitrogen and oxygen atoms in total. The molecule has 3 aromatic rings. The minimum absolute atomic E-state index is 0.0385. The second-order valence-corrected chi connectivity index (χ2v) is 12.0. The molecule has 1 heterocycles. The summed E-state index contributed by atoms with van der Waals surface area (Å²) in [6.07, 6.45) is 1.58. The molecule has 13 heteroatoms. The first-order valence-corrected chi connectivity index (χ1v) is 14.8. The molecule has 0 unspecified atom stereocenters. The van der Waals surface area contributed by atoms with Crippen molar-refractivity contribution in [3.05, 3.63) is 87.8 Å². The molecule has 0 spiro atoms. The van der Waals surface area contributed by atoms with Gasteiger partial charge in [-0.2, -0.15) is 0 Å². The molecule has 1 saturated heterocycles. The standard InChI is InChI=1S/C28H26ClN3O7S2/c1-31(20-7-5-4-6-8-20)41(36,37)25-17-19(10-11-21(25)29)26(33)30-13-14-32-27(34)24(40-28(32)35)16-18-9-12-22(38-2)23(15-18)39-3/h4-12,15-17H,13-14H2,1-3H3,(H,30,33). The van der Waals surface area contributed by atoms with Gasteiger partial charge in [0.1, 0.15) is 4.90 Å². The van der Waals surface area contributed by atoms with Crippen molar-refractivity contribution in [1.29, 1.82) is 0 Å². The number of halogens is 1. The molecule has 1 fully saturated rings. The van der Waals surface area contributed by atoms with E-state index in [0.717, 1.165) is 21.0 Å². The van der Waals surface area contributed by atoms with Gasteiger partial charge >= 0.3 is 0 Å². The fraction of sp³-hybridized carbons (Fsp3) is 0.179. The van der Waals surface area contributed by atoms with Crippen LogP contribution >= 0.6 is 23.4 Å². The predicted molar refractivity (Wildman–Crippen MR) is 158 cm³/mol. The molecule has 0 saturated carbocycles. The molecule has 3 aromatic carbocycles. The van der Waals surface area contributed by atoms with E-state index in [2.05, 4.69) is 5.32 Å². The number of thioether (sulfide) groups is 1. The van der Waals surface area contributed by atoms with Crippen LogP contribution < -0.4 is 19.1 Å². The van der Waals surface area contributed by atoms with E-state index >= 15 is 0 Å². The Morgan fingerprint density at radius 1 is 1.02 bits per heavy atom. The first-order valence-electron chi connectivity index (χ1n) is 12.2. The van der Waals surface area contributed by atoms with Gasteiger partial charge in [0.05, 0.1) is 29.8 Å². The quantitative estimate of drug-likeness (QED) is 0.327. The highest BCUT2D eigenvalue weighted by molar-refractivity contribution is 8.18. The molecular weight excluding hydrogens is 590 g/mol. The summed E-state index contributed by atoms with van der Waals surface area (Å²) in [7, 11) is 0.336. The lowest BCUT2D eigenvalue weighted by Crippen LogP contribution is -2.37. The van der Waals surface area contributed by atoms with Crippen molar-refractivity contribution >= 4 is 62.2 Å². The number of nitrogens with one attached hydrogen (secondary N) is 1. The summed E-state index contributed by atoms with van der Waals surface area (Å²) in [5.41, 5.74) is 1.13. The van der Waals surface area contributed by atoms with Crippen LogP contribution in [0.25, 0.3) is 6.08 Å². The van der Waals surface area contributed by atoms with E-state index < -0.39 is 27.1 Å². The van der Waals surface area contributed by atoms with Gasteiger partial charge in [-0.15, -0.1) is 0 Å². The number of ether oxygens (including phenoxy) is 2. The smallest absolute Gasteiger partial charge is 0.293 e. The monoisotopic (exact) mass is 615 g/mol. The lowest BCUT2D eigenvalue weighted by molar-refractivity contribution is -0.122. The largest absolute Gasteiger partial charge is 0.493 e. The summed E-state index contributed by atoms with van der Waals surface area (Å²) in [6.45, 7) is -0.121. The first kappa shape index (κ1) is 30.0. The number of anilines is 1. The third-order valence-electron chi connectivity index (χ3n) is 6.15. The summed E-state index contributed by atoms with van der Waals surface area (Å²) in [5.74, 6) is -0.0728. The number of carbonyl (C=O) groups is 3. The number of hydrogen-bond donors (Lipinski definition) is 1. The summed E-state index contributed by atoms with van der Waals surface area (Å²) >= 11 is 6.99. The number of nitrogens with zero attached hydrogens (tertiary/aromatic N) is 2. The molecule has 4 rings (SSSR count). The van der Waals surface area contributed by atoms with Crippen LogP contribution in [0, 0.1) is 0 Å². The number of para-hydroxylation sites is 1. The highest BCUT2D eigenvalue weighted by Crippen LogP contribution is 2.34. The van der Waals surface area contributed by atoms with Crippen molar-refractivity contribution in [2.75, 3.05) is 38.7 Å². The van der Waals surface area contributed by atoms with E-state index in [4.69, 9.17) is 21.1 Å². The first-order chi connectivity index (χ1) is 19.6. The zero-order chi connectivity index (χ0) is 29.7. The second-order valence-electron chi connectivity index (χ2n) is 8.66. The predicted octanol–water partition coefficient (Wildman–Crippen LogP) is 4.65. The Morgan fingerprint density at radius 2 is 1.73 bits per heavy atom. The molecular formula is C28H26ClN3O7S2. The minimum Gasteiger partial charge on any atom is -0.493 e. The molecule has 3 amide bonds. The van der Waals surface area contributed by atoms with Gasteiger partial charge in [-0.25, -0.2) is 8.42 Å². The van der Waals surface area contributed by atoms with Gasteiger partial charge in [-0.05, 0) is 65.9 Å². The third kappa shape index (κ3) is 6.50. The average molecular weight is 616 g/mol. The maximum absolute atomic E-state index is 13.2. The van der Waals surface area contributed by atoms with Crippen LogP contribution in [0.3, 0.4) is 0 Å². The second kappa shape index (κ2) is 12.7. The fourth-order valence-electron chi connectivity index (χ4n) is 3.94. The lowest BCUT2D eigenvalue weighted by Gasteiger charge is -2.20. The number of sulfonamides is 1. The minimum atomic E-state index is -4.07. The normalized spacial score (nSPS) is 14.3. The Bertz CT molecular complexity index is 1630. The zero-order valence-corrected chi connectivity index (χ0v) is 24.7. The van der Waals surface area contributed by atoms with E-state index in [9.17, 15) is 22.8 Å². The number of benzene rings is 3. The number of carbonyl (C=O) groups excluding carboxylic acids is 3. The number of rotatable bonds is 10. The van der Waals surface area contributed by atoms with Crippen LogP contribution in [-0.2, 0) is 14.8 Å². The molecule has 214 valence electrons. The van der Waals surface area contributed by atoms with Crippen molar-refractivity contribution in [2.45, 2.75) is 4.90 Å². The van der Waals surface area contributed by atoms with Gasteiger partial charge in [0, 0.05) is 25.7 Å². The van der Waals surface area contributed by atoms with Crippen LogP contribution in [0.15, 0.2) is 76.5 Å². The fourth-order valence-corrected chi connectivity index (χ4v) is 6.50. The number of imide groups is 1. The Hall–Kier alpha value is -4.00. The maximum Gasteiger partial charge on any atom is 0.293 e. The topological polar surface area (TPSA) is 122 Å². The maximum atomic E-state index is 13.2. The van der Waals surface area contributed by atoms with Crippen molar-refractivity contribution < 1.29 is 32.3 Å². The highest BCUT2D eigenvalue weighted by Gasteiger charge is 2.35. The van der Waals surface area contributed by atoms with Crippen LogP contribution in [0.4, 0.5) is 10.5 Å². The molecule has 0 bridgehead atoms. The summed E-state index contributed by atoms with van der Waals surface area (Å²) in [6, 6.07) is 17.5. The van der Waals surface area contributed by atoms with Crippen molar-refractivity contribution in [3.8, 4) is 11.5 Å². The van der Waals surface area contributed by atoms with Gasteiger partial charge < -0.3 is 14.8 Å². The molecule has 0 radical (unpaired) electrons. The summed E-state index contributed by atoms with van der Waals surface area (Å²) in [4.78, 5) is 39.3. The van der Waals surface area contributed by atoms with Crippen molar-refractivity contribution in [3.63, 3.8) is 0 Å². The van der Waals surface area contributed by atoms with Crippen LogP contribution in [0.1, 0.15) is 15.9 Å². The number of amides is 3. The Labute approximate surface area is 246 Å². The van der Waals surface area contributed by atoms with E-state index in [1.54, 1.807) is 54.6 Å². The number of hydrogen-bond acceptors (Lipinski definition) is 8. The van der Waals surface area contributed by atoms with Crippen molar-refractivity contribution in [1.82, 2.24) is 10.2 Å². The van der Waals surface area contributed by atoms with Crippen molar-refractivity contribution in [2.24, 2.45) is 0 Å². The van der Waals surface area contributed by atoms with Crippen LogP contribution in [0.5, 0.6) is 11.5 Å². The average Bonchev–Trinajstić information content (AvgIpc) is 3.24. The lowest BCUT2D eigenvalue weighted by atomic mass is 10.2. The molecule has 1 N–H and O–H groups in total. The third-order valence-corrected chi connectivity index (χ3v) is 9.33. The van der Waals surface area contributed by atoms with Gasteiger partial charge in [0.15, 0.2) is 11.5 Å². The van der Waals surface area contributed by atoms with Crippen LogP contribution in [0.2, 0.25) is 5.02 Å². The molecule has 0 aliphatic carbocycles. The van der Waals surface area contributed by atoms with E-state index in [1.165, 1.54) is 39.5 Å². The molecule has 1 aliphatic rings. The Kier molecular flexibility index (Phi) is 9.26. The van der Waals surface area contributed by atoms with E-state index in [0.29, 0.717) is 22.7 Å². The van der Waals surface area contributed by atoms with Gasteiger partial charge in [0.2, 0.25) is 0 Å². The SMILES string of the molecule is COc1ccc(C=C2SC(=O)N(CCNC(=O)c3ccc(Cl)c(S(=O)(=O)N(C)c4ccccc4)c3)C2=O)cc1OC. The van der Waals surface area contributed by atoms with E-state index in [1.807, 2.05) is 0 Å². The van der Waals surface area contributed by atoms with E-state index in [-0.39, 0.29) is 33.5 Å². The summed E-state index contributed by atoms with van der Waals surface area (Å²) < 4.78 is 38.0.